The van der Waals surface area contributed by atoms with Crippen molar-refractivity contribution in [3.05, 3.63) is 119 Å². The first-order chi connectivity index (χ1) is 14.1. The van der Waals surface area contributed by atoms with Gasteiger partial charge < -0.3 is 5.73 Å². The molecule has 0 radical (unpaired) electrons. The molecule has 2 N–H and O–H groups in total. The van der Waals surface area contributed by atoms with Gasteiger partial charge in [-0.2, -0.15) is 5.10 Å². The van der Waals surface area contributed by atoms with Crippen LogP contribution in [0.15, 0.2) is 97.1 Å². The van der Waals surface area contributed by atoms with Gasteiger partial charge in [-0.1, -0.05) is 91.0 Å². The van der Waals surface area contributed by atoms with Gasteiger partial charge in [-0.15, -0.1) is 0 Å². The summed E-state index contributed by atoms with van der Waals surface area (Å²) in [5.74, 6) is 0.422. The molecule has 0 bridgehead atoms. The van der Waals surface area contributed by atoms with Gasteiger partial charge >= 0.3 is 0 Å². The number of benzene rings is 3. The summed E-state index contributed by atoms with van der Waals surface area (Å²) in [6.07, 6.45) is 0. The topological polar surface area (TPSA) is 60.9 Å². The van der Waals surface area contributed by atoms with E-state index in [1.165, 1.54) is 0 Å². The zero-order chi connectivity index (χ0) is 20.3. The van der Waals surface area contributed by atoms with E-state index in [4.69, 9.17) is 5.73 Å². The quantitative estimate of drug-likeness (QED) is 0.502. The molecule has 4 heteroatoms. The highest BCUT2D eigenvalue weighted by molar-refractivity contribution is 5.75. The van der Waals surface area contributed by atoms with Crippen molar-refractivity contribution >= 4 is 11.6 Å². The number of Topliss-reactive ketones (excluding diaryl/α,β-unsaturated/α-hetero) is 1. The van der Waals surface area contributed by atoms with E-state index in [1.807, 2.05) is 60.7 Å². The molecule has 0 unspecified atom stereocenters. The Morgan fingerprint density at radius 2 is 1.24 bits per heavy atom. The number of carbonyl (C=O) groups excluding carboxylic acids is 1. The first-order valence-electron chi connectivity index (χ1n) is 9.62. The molecule has 0 amide bonds. The number of nitrogens with zero attached hydrogens (tertiary/aromatic N) is 2. The zero-order valence-corrected chi connectivity index (χ0v) is 16.3. The second-order valence-corrected chi connectivity index (χ2v) is 7.16. The monoisotopic (exact) mass is 381 g/mol. The van der Waals surface area contributed by atoms with E-state index in [2.05, 4.69) is 41.5 Å². The third-order valence-electron chi connectivity index (χ3n) is 5.18. The van der Waals surface area contributed by atoms with Crippen LogP contribution in [0.2, 0.25) is 0 Å². The van der Waals surface area contributed by atoms with Crippen LogP contribution in [-0.2, 0) is 16.8 Å². The van der Waals surface area contributed by atoms with Crippen LogP contribution in [-0.4, -0.2) is 15.6 Å². The fraction of sp³-hybridized carbons (Fsp3) is 0.120. The Hall–Kier alpha value is -3.66. The number of carbonyl (C=O) groups is 1. The van der Waals surface area contributed by atoms with E-state index in [-0.39, 0.29) is 12.3 Å². The van der Waals surface area contributed by atoms with Crippen LogP contribution in [0, 0.1) is 0 Å². The molecule has 0 saturated heterocycles. The molecule has 0 aliphatic heterocycles. The maximum absolute atomic E-state index is 12.0. The summed E-state index contributed by atoms with van der Waals surface area (Å²) < 4.78 is 1.74. The minimum Gasteiger partial charge on any atom is -0.382 e. The molecule has 0 atom stereocenters. The van der Waals surface area contributed by atoms with Gasteiger partial charge in [0.15, 0.2) is 5.78 Å². The van der Waals surface area contributed by atoms with Crippen molar-refractivity contribution < 1.29 is 4.79 Å². The van der Waals surface area contributed by atoms with Crippen molar-refractivity contribution in [2.45, 2.75) is 18.9 Å². The lowest BCUT2D eigenvalue weighted by Crippen LogP contribution is -2.34. The normalized spacial score (nSPS) is 11.3. The molecule has 0 spiro atoms. The number of nitrogens with two attached hydrogens (primary N) is 1. The second kappa shape index (κ2) is 7.76. The highest BCUT2D eigenvalue weighted by Gasteiger charge is 2.41. The molecular weight excluding hydrogens is 358 g/mol. The third-order valence-corrected chi connectivity index (χ3v) is 5.18. The predicted octanol–water partition coefficient (Wildman–Crippen LogP) is 4.44. The fourth-order valence-corrected chi connectivity index (χ4v) is 4.08. The number of hydrogen-bond donors (Lipinski definition) is 1. The third kappa shape index (κ3) is 3.34. The number of hydrogen-bond acceptors (Lipinski definition) is 3. The van der Waals surface area contributed by atoms with Gasteiger partial charge in [0.1, 0.15) is 5.82 Å². The first kappa shape index (κ1) is 18.7. The lowest BCUT2D eigenvalue weighted by molar-refractivity contribution is -0.117. The van der Waals surface area contributed by atoms with Gasteiger partial charge in [0.2, 0.25) is 0 Å². The van der Waals surface area contributed by atoms with Gasteiger partial charge in [-0.25, -0.2) is 0 Å². The molecule has 1 heterocycles. The maximum atomic E-state index is 12.0. The Kier molecular flexibility index (Phi) is 5.00. The molecule has 29 heavy (non-hydrogen) atoms. The molecule has 1 aromatic heterocycles. The Labute approximate surface area is 170 Å². The molecule has 144 valence electrons. The predicted molar refractivity (Wildman–Crippen MR) is 116 cm³/mol. The molecular formula is C25H23N3O. The molecule has 0 aliphatic carbocycles. The highest BCUT2D eigenvalue weighted by atomic mass is 16.1. The van der Waals surface area contributed by atoms with Gasteiger partial charge in [0.05, 0.1) is 17.7 Å². The molecule has 0 saturated carbocycles. The van der Waals surface area contributed by atoms with E-state index in [0.717, 1.165) is 22.4 Å². The Balaban J connectivity index is 2.14. The van der Waals surface area contributed by atoms with Crippen LogP contribution in [0.25, 0.3) is 0 Å². The fourth-order valence-electron chi connectivity index (χ4n) is 4.08. The number of aromatic nitrogens is 2. The van der Waals surface area contributed by atoms with E-state index in [0.29, 0.717) is 5.82 Å². The van der Waals surface area contributed by atoms with Crippen LogP contribution in [0.3, 0.4) is 0 Å². The zero-order valence-electron chi connectivity index (χ0n) is 16.3. The van der Waals surface area contributed by atoms with Crippen LogP contribution in [0.5, 0.6) is 0 Å². The van der Waals surface area contributed by atoms with Crippen molar-refractivity contribution in [1.29, 1.82) is 0 Å². The Morgan fingerprint density at radius 3 is 1.62 bits per heavy atom. The highest BCUT2D eigenvalue weighted by Crippen LogP contribution is 2.45. The maximum Gasteiger partial charge on any atom is 0.151 e. The summed E-state index contributed by atoms with van der Waals surface area (Å²) >= 11 is 0. The Bertz CT molecular complexity index is 1010. The van der Waals surface area contributed by atoms with Crippen molar-refractivity contribution in [3.8, 4) is 0 Å². The lowest BCUT2D eigenvalue weighted by Gasteiger charge is -2.36. The molecule has 0 fully saturated rings. The molecule has 4 nitrogen and oxygen atoms in total. The second-order valence-electron chi connectivity index (χ2n) is 7.16. The number of ketones is 1. The average molecular weight is 381 g/mol. The standard InChI is InChI=1S/C25H23N3O/c1-19(29)18-28-23(17-24(26)27-28)25(20-11-5-2-6-12-20,21-13-7-3-8-14-21)22-15-9-4-10-16-22/h2-17H,18H2,1H3,(H2,26,27). The summed E-state index contributed by atoms with van der Waals surface area (Å²) in [4.78, 5) is 12.0. The minimum absolute atomic E-state index is 0.0254. The molecule has 4 rings (SSSR count). The number of nitrogen functional groups attached to an aromatic ring is 1. The van der Waals surface area contributed by atoms with Crippen molar-refractivity contribution in [1.82, 2.24) is 9.78 Å². The lowest BCUT2D eigenvalue weighted by atomic mass is 9.67. The van der Waals surface area contributed by atoms with Crippen LogP contribution < -0.4 is 5.73 Å². The molecule has 0 aliphatic rings. The van der Waals surface area contributed by atoms with Crippen molar-refractivity contribution in [2.75, 3.05) is 5.73 Å². The number of rotatable bonds is 6. The van der Waals surface area contributed by atoms with E-state index < -0.39 is 5.41 Å². The van der Waals surface area contributed by atoms with Crippen LogP contribution in [0.1, 0.15) is 29.3 Å². The largest absolute Gasteiger partial charge is 0.382 e. The summed E-state index contributed by atoms with van der Waals surface area (Å²) in [6.45, 7) is 1.73. The van der Waals surface area contributed by atoms with Crippen LogP contribution >= 0.6 is 0 Å². The summed E-state index contributed by atoms with van der Waals surface area (Å²) in [5, 5.41) is 4.47. The van der Waals surface area contributed by atoms with Crippen molar-refractivity contribution in [2.24, 2.45) is 0 Å². The average Bonchev–Trinajstić information content (AvgIpc) is 3.10. The van der Waals surface area contributed by atoms with E-state index in [9.17, 15) is 4.79 Å². The summed E-state index contributed by atoms with van der Waals surface area (Å²) in [7, 11) is 0. The SMILES string of the molecule is CC(=O)Cn1nc(N)cc1C(c1ccccc1)(c1ccccc1)c1ccccc1. The van der Waals surface area contributed by atoms with E-state index >= 15 is 0 Å². The van der Waals surface area contributed by atoms with Crippen LogP contribution in [0.4, 0.5) is 5.82 Å². The van der Waals surface area contributed by atoms with Gasteiger partial charge in [-0.3, -0.25) is 9.48 Å². The molecule has 3 aromatic carbocycles. The number of anilines is 1. The van der Waals surface area contributed by atoms with Gasteiger partial charge in [-0.05, 0) is 23.6 Å². The first-order valence-corrected chi connectivity index (χ1v) is 9.62. The molecule has 4 aromatic rings. The van der Waals surface area contributed by atoms with Gasteiger partial charge in [0.25, 0.3) is 0 Å². The Morgan fingerprint density at radius 1 is 0.828 bits per heavy atom. The summed E-state index contributed by atoms with van der Waals surface area (Å²) in [6, 6.07) is 32.8. The minimum atomic E-state index is -0.663. The van der Waals surface area contributed by atoms with E-state index in [1.54, 1.807) is 11.6 Å². The van der Waals surface area contributed by atoms with Gasteiger partial charge in [0, 0.05) is 6.07 Å². The smallest absolute Gasteiger partial charge is 0.151 e. The van der Waals surface area contributed by atoms with Crippen molar-refractivity contribution in [3.63, 3.8) is 0 Å². The summed E-state index contributed by atoms with van der Waals surface area (Å²) in [5.41, 5.74) is 9.61.